The molecular weight excluding hydrogens is 284 g/mol. The van der Waals surface area contributed by atoms with E-state index in [0.717, 1.165) is 17.0 Å². The zero-order valence-electron chi connectivity index (χ0n) is 12.9. The Hall–Kier alpha value is -2.08. The number of carbonyl (C=O) groups is 1. The van der Waals surface area contributed by atoms with Gasteiger partial charge in [0.1, 0.15) is 5.75 Å². The normalized spacial score (nSPS) is 24.6. The van der Waals surface area contributed by atoms with Crippen LogP contribution in [0.2, 0.25) is 0 Å². The maximum atomic E-state index is 12.7. The van der Waals surface area contributed by atoms with E-state index in [4.69, 9.17) is 14.3 Å². The maximum absolute atomic E-state index is 12.7. The predicted octanol–water partition coefficient (Wildman–Crippen LogP) is 1.44. The van der Waals surface area contributed by atoms with Crippen LogP contribution in [0.5, 0.6) is 5.75 Å². The molecule has 1 aromatic carbocycles. The Kier molecular flexibility index (Phi) is 4.02. The Morgan fingerprint density at radius 3 is 2.59 bits per heavy atom. The van der Waals surface area contributed by atoms with Crippen LogP contribution in [0.15, 0.2) is 29.4 Å². The van der Waals surface area contributed by atoms with E-state index in [1.807, 2.05) is 24.3 Å². The van der Waals surface area contributed by atoms with Crippen molar-refractivity contribution in [2.45, 2.75) is 18.9 Å². The number of hydrogen-bond acceptors (Lipinski definition) is 5. The standard InChI is InChI=1S/C16H20N2O4/c1-16(15(19)18-7-9-21-10-8-18)11-14(17-22-16)12-3-5-13(20-2)6-4-12/h3-6H,7-11H2,1-2H3. The van der Waals surface area contributed by atoms with Crippen molar-refractivity contribution in [3.05, 3.63) is 29.8 Å². The molecule has 0 spiro atoms. The van der Waals surface area contributed by atoms with Crippen molar-refractivity contribution in [1.29, 1.82) is 0 Å². The average molecular weight is 304 g/mol. The molecule has 2 aliphatic heterocycles. The van der Waals surface area contributed by atoms with Crippen molar-refractivity contribution >= 4 is 11.6 Å². The predicted molar refractivity (Wildman–Crippen MR) is 81.0 cm³/mol. The Balaban J connectivity index is 1.69. The Morgan fingerprint density at radius 2 is 1.95 bits per heavy atom. The number of morpholine rings is 1. The smallest absolute Gasteiger partial charge is 0.269 e. The van der Waals surface area contributed by atoms with Crippen molar-refractivity contribution in [3.8, 4) is 5.75 Å². The number of benzene rings is 1. The van der Waals surface area contributed by atoms with E-state index in [1.54, 1.807) is 18.9 Å². The lowest BCUT2D eigenvalue weighted by molar-refractivity contribution is -0.157. The summed E-state index contributed by atoms with van der Waals surface area (Å²) in [5, 5.41) is 4.13. The van der Waals surface area contributed by atoms with Gasteiger partial charge < -0.3 is 19.2 Å². The summed E-state index contributed by atoms with van der Waals surface area (Å²) in [5.41, 5.74) is 0.804. The summed E-state index contributed by atoms with van der Waals surface area (Å²) < 4.78 is 10.4. The molecule has 0 N–H and O–H groups in total. The maximum Gasteiger partial charge on any atom is 0.269 e. The van der Waals surface area contributed by atoms with Crippen LogP contribution in [0.4, 0.5) is 0 Å². The fraction of sp³-hybridized carbons (Fsp3) is 0.500. The molecule has 2 aliphatic rings. The van der Waals surface area contributed by atoms with E-state index in [1.165, 1.54) is 0 Å². The summed E-state index contributed by atoms with van der Waals surface area (Å²) in [5.74, 6) is 0.762. The number of nitrogens with zero attached hydrogens (tertiary/aromatic N) is 2. The van der Waals surface area contributed by atoms with Crippen LogP contribution in [0.25, 0.3) is 0 Å². The van der Waals surface area contributed by atoms with Gasteiger partial charge in [-0.05, 0) is 36.8 Å². The van der Waals surface area contributed by atoms with Gasteiger partial charge in [0.05, 0.1) is 26.0 Å². The molecule has 6 heteroatoms. The number of rotatable bonds is 3. The molecule has 118 valence electrons. The van der Waals surface area contributed by atoms with Crippen LogP contribution >= 0.6 is 0 Å². The molecular formula is C16H20N2O4. The molecule has 3 rings (SSSR count). The zero-order valence-corrected chi connectivity index (χ0v) is 12.9. The molecule has 2 heterocycles. The second-order valence-electron chi connectivity index (χ2n) is 5.67. The molecule has 1 saturated heterocycles. The highest BCUT2D eigenvalue weighted by atomic mass is 16.7. The van der Waals surface area contributed by atoms with Gasteiger partial charge in [0, 0.05) is 19.5 Å². The van der Waals surface area contributed by atoms with Gasteiger partial charge in [0.25, 0.3) is 5.91 Å². The van der Waals surface area contributed by atoms with E-state index < -0.39 is 5.60 Å². The Morgan fingerprint density at radius 1 is 1.27 bits per heavy atom. The van der Waals surface area contributed by atoms with E-state index >= 15 is 0 Å². The number of carbonyl (C=O) groups excluding carboxylic acids is 1. The fourth-order valence-electron chi connectivity index (χ4n) is 2.69. The summed E-state index contributed by atoms with van der Waals surface area (Å²) >= 11 is 0. The molecule has 0 bridgehead atoms. The summed E-state index contributed by atoms with van der Waals surface area (Å²) in [6.07, 6.45) is 0.468. The second-order valence-corrected chi connectivity index (χ2v) is 5.67. The lowest BCUT2D eigenvalue weighted by atomic mass is 9.94. The largest absolute Gasteiger partial charge is 0.497 e. The minimum absolute atomic E-state index is 0.0249. The number of methoxy groups -OCH3 is 1. The number of ether oxygens (including phenoxy) is 2. The van der Waals surface area contributed by atoms with Crippen LogP contribution in [-0.4, -0.2) is 55.5 Å². The molecule has 1 aromatic rings. The van der Waals surface area contributed by atoms with Crippen LogP contribution in [0.1, 0.15) is 18.9 Å². The summed E-state index contributed by atoms with van der Waals surface area (Å²) in [7, 11) is 1.63. The van der Waals surface area contributed by atoms with Crippen molar-refractivity contribution in [3.63, 3.8) is 0 Å². The quantitative estimate of drug-likeness (QED) is 0.848. The van der Waals surface area contributed by atoms with Crippen molar-refractivity contribution in [2.24, 2.45) is 5.16 Å². The van der Waals surface area contributed by atoms with Crippen LogP contribution < -0.4 is 4.74 Å². The van der Waals surface area contributed by atoms with Crippen LogP contribution in [0, 0.1) is 0 Å². The van der Waals surface area contributed by atoms with E-state index in [9.17, 15) is 4.79 Å². The first kappa shape index (κ1) is 14.8. The zero-order chi connectivity index (χ0) is 15.6. The van der Waals surface area contributed by atoms with Gasteiger partial charge in [-0.15, -0.1) is 0 Å². The number of hydrogen-bond donors (Lipinski definition) is 0. The van der Waals surface area contributed by atoms with E-state index in [0.29, 0.717) is 32.7 Å². The second kappa shape index (κ2) is 5.96. The Labute approximate surface area is 129 Å². The monoisotopic (exact) mass is 304 g/mol. The van der Waals surface area contributed by atoms with Gasteiger partial charge in [-0.2, -0.15) is 0 Å². The molecule has 1 amide bonds. The first-order valence-electron chi connectivity index (χ1n) is 7.39. The minimum Gasteiger partial charge on any atom is -0.497 e. The molecule has 1 atom stereocenters. The molecule has 0 aliphatic carbocycles. The lowest BCUT2D eigenvalue weighted by Gasteiger charge is -2.32. The van der Waals surface area contributed by atoms with Gasteiger partial charge >= 0.3 is 0 Å². The first-order chi connectivity index (χ1) is 10.6. The van der Waals surface area contributed by atoms with Crippen LogP contribution in [-0.2, 0) is 14.4 Å². The third-order valence-electron chi connectivity index (χ3n) is 4.04. The molecule has 1 fully saturated rings. The Bertz CT molecular complexity index is 578. The van der Waals surface area contributed by atoms with E-state index in [-0.39, 0.29) is 5.91 Å². The van der Waals surface area contributed by atoms with Gasteiger partial charge in [-0.25, -0.2) is 0 Å². The molecule has 0 aromatic heterocycles. The van der Waals surface area contributed by atoms with Gasteiger partial charge in [0.2, 0.25) is 5.60 Å². The first-order valence-corrected chi connectivity index (χ1v) is 7.39. The van der Waals surface area contributed by atoms with Gasteiger partial charge in [-0.3, -0.25) is 4.79 Å². The molecule has 6 nitrogen and oxygen atoms in total. The van der Waals surface area contributed by atoms with Gasteiger partial charge in [-0.1, -0.05) is 5.16 Å². The minimum atomic E-state index is -0.924. The summed E-state index contributed by atoms with van der Waals surface area (Å²) in [4.78, 5) is 19.9. The van der Waals surface area contributed by atoms with Crippen LogP contribution in [0.3, 0.4) is 0 Å². The number of amides is 1. The number of oxime groups is 1. The topological polar surface area (TPSA) is 60.4 Å². The summed E-state index contributed by atoms with van der Waals surface area (Å²) in [6.45, 7) is 4.16. The highest BCUT2D eigenvalue weighted by molar-refractivity contribution is 6.05. The van der Waals surface area contributed by atoms with Crippen molar-refractivity contribution in [2.75, 3.05) is 33.4 Å². The molecule has 0 radical (unpaired) electrons. The third kappa shape index (κ3) is 2.78. The molecule has 22 heavy (non-hydrogen) atoms. The summed E-state index contributed by atoms with van der Waals surface area (Å²) in [6, 6.07) is 7.59. The fourth-order valence-corrected chi connectivity index (χ4v) is 2.69. The third-order valence-corrected chi connectivity index (χ3v) is 4.04. The van der Waals surface area contributed by atoms with E-state index in [2.05, 4.69) is 5.16 Å². The molecule has 0 saturated carbocycles. The lowest BCUT2D eigenvalue weighted by Crippen LogP contribution is -2.51. The average Bonchev–Trinajstić information content (AvgIpc) is 2.98. The molecule has 1 unspecified atom stereocenters. The van der Waals surface area contributed by atoms with Crippen molar-refractivity contribution < 1.29 is 19.1 Å². The van der Waals surface area contributed by atoms with Gasteiger partial charge in [0.15, 0.2) is 0 Å². The van der Waals surface area contributed by atoms with Crippen molar-refractivity contribution in [1.82, 2.24) is 4.90 Å². The highest BCUT2D eigenvalue weighted by Crippen LogP contribution is 2.29. The highest BCUT2D eigenvalue weighted by Gasteiger charge is 2.44. The SMILES string of the molecule is COc1ccc(C2=NOC(C)(C(=O)N3CCOCC3)C2)cc1.